The number of halogens is 1. The van der Waals surface area contributed by atoms with E-state index < -0.39 is 16.0 Å². The van der Waals surface area contributed by atoms with Gasteiger partial charge in [0.2, 0.25) is 10.0 Å². The molecule has 1 aromatic carbocycles. The number of likely N-dealkylation sites (N-methyl/N-ethyl adjacent to an activating group) is 1. The number of esters is 1. The standard InChI is InChI=1S/C16H25BrN2O4S/c1-5-12(3)19(4)10-9-18-24(21,22)15-8-7-13(11-14(15)17)16(20)23-6-2/h7-8,11-12,18H,5-6,9-10H2,1-4H3. The van der Waals surface area contributed by atoms with Gasteiger partial charge in [-0.15, -0.1) is 0 Å². The molecule has 0 radical (unpaired) electrons. The van der Waals surface area contributed by atoms with Crippen LogP contribution in [0.15, 0.2) is 27.6 Å². The van der Waals surface area contributed by atoms with E-state index in [0.29, 0.717) is 29.2 Å². The molecule has 0 bridgehead atoms. The van der Waals surface area contributed by atoms with Crippen LogP contribution in [0.1, 0.15) is 37.6 Å². The van der Waals surface area contributed by atoms with Gasteiger partial charge in [0.25, 0.3) is 0 Å². The van der Waals surface area contributed by atoms with Crippen LogP contribution in [0.4, 0.5) is 0 Å². The lowest BCUT2D eigenvalue weighted by Gasteiger charge is -2.23. The Morgan fingerprint density at radius 3 is 2.58 bits per heavy atom. The summed E-state index contributed by atoms with van der Waals surface area (Å²) in [6, 6.07) is 4.70. The molecule has 8 heteroatoms. The average molecular weight is 421 g/mol. The number of carbonyl (C=O) groups excluding carboxylic acids is 1. The Hall–Kier alpha value is -0.960. The number of nitrogens with zero attached hydrogens (tertiary/aromatic N) is 1. The highest BCUT2D eigenvalue weighted by atomic mass is 79.9. The number of rotatable bonds is 9. The first-order chi connectivity index (χ1) is 11.2. The molecule has 0 aliphatic heterocycles. The summed E-state index contributed by atoms with van der Waals surface area (Å²) in [5.74, 6) is -0.481. The summed E-state index contributed by atoms with van der Waals surface area (Å²) in [6.07, 6.45) is 1.00. The maximum atomic E-state index is 12.4. The van der Waals surface area contributed by atoms with Crippen LogP contribution in [-0.4, -0.2) is 52.1 Å². The fraction of sp³-hybridized carbons (Fsp3) is 0.562. The van der Waals surface area contributed by atoms with Crippen molar-refractivity contribution < 1.29 is 17.9 Å². The van der Waals surface area contributed by atoms with Crippen molar-refractivity contribution >= 4 is 31.9 Å². The normalized spacial score (nSPS) is 13.1. The first kappa shape index (κ1) is 21.1. The summed E-state index contributed by atoms with van der Waals surface area (Å²) < 4.78 is 32.6. The Bertz CT molecular complexity index is 664. The highest BCUT2D eigenvalue weighted by molar-refractivity contribution is 9.10. The zero-order chi connectivity index (χ0) is 18.3. The molecular formula is C16H25BrN2O4S. The second-order valence-corrected chi connectivity index (χ2v) is 8.09. The molecule has 1 rings (SSSR count). The van der Waals surface area contributed by atoms with Crippen molar-refractivity contribution in [2.24, 2.45) is 0 Å². The Balaban J connectivity index is 2.79. The topological polar surface area (TPSA) is 75.7 Å². The highest BCUT2D eigenvalue weighted by Crippen LogP contribution is 2.23. The third-order valence-electron chi connectivity index (χ3n) is 3.83. The molecule has 0 spiro atoms. The van der Waals surface area contributed by atoms with E-state index in [4.69, 9.17) is 4.74 Å². The van der Waals surface area contributed by atoms with E-state index in [9.17, 15) is 13.2 Å². The SMILES string of the molecule is CCOC(=O)c1ccc(S(=O)(=O)NCCN(C)C(C)CC)c(Br)c1. The second-order valence-electron chi connectivity index (χ2n) is 5.50. The maximum Gasteiger partial charge on any atom is 0.338 e. The van der Waals surface area contributed by atoms with E-state index in [0.717, 1.165) is 6.42 Å². The van der Waals surface area contributed by atoms with Crippen molar-refractivity contribution in [3.8, 4) is 0 Å². The molecule has 1 atom stereocenters. The minimum atomic E-state index is -3.65. The second kappa shape index (κ2) is 9.50. The van der Waals surface area contributed by atoms with Crippen LogP contribution in [0.2, 0.25) is 0 Å². The van der Waals surface area contributed by atoms with Crippen LogP contribution in [0.5, 0.6) is 0 Å². The van der Waals surface area contributed by atoms with E-state index in [1.807, 2.05) is 7.05 Å². The Kier molecular flexibility index (Phi) is 8.35. The van der Waals surface area contributed by atoms with Crippen molar-refractivity contribution in [3.05, 3.63) is 28.2 Å². The lowest BCUT2D eigenvalue weighted by atomic mass is 10.2. The molecule has 0 saturated heterocycles. The molecule has 0 aliphatic rings. The summed E-state index contributed by atoms with van der Waals surface area (Å²) in [5.41, 5.74) is 0.305. The Morgan fingerprint density at radius 1 is 1.38 bits per heavy atom. The van der Waals surface area contributed by atoms with Crippen molar-refractivity contribution in [1.29, 1.82) is 0 Å². The lowest BCUT2D eigenvalue weighted by Crippen LogP contribution is -2.37. The Morgan fingerprint density at radius 2 is 2.04 bits per heavy atom. The summed E-state index contributed by atoms with van der Waals surface area (Å²) >= 11 is 3.22. The summed E-state index contributed by atoms with van der Waals surface area (Å²) in [5, 5.41) is 0. The molecular weight excluding hydrogens is 396 g/mol. The van der Waals surface area contributed by atoms with Gasteiger partial charge in [-0.3, -0.25) is 0 Å². The van der Waals surface area contributed by atoms with Crippen molar-refractivity contribution in [2.45, 2.75) is 38.1 Å². The zero-order valence-electron chi connectivity index (χ0n) is 14.5. The van der Waals surface area contributed by atoms with E-state index in [1.165, 1.54) is 18.2 Å². The van der Waals surface area contributed by atoms with Gasteiger partial charge in [0.1, 0.15) is 0 Å². The number of carbonyl (C=O) groups is 1. The van der Waals surface area contributed by atoms with Crippen LogP contribution in [0.25, 0.3) is 0 Å². The fourth-order valence-corrected chi connectivity index (χ4v) is 4.12. The molecule has 0 heterocycles. The molecule has 0 aromatic heterocycles. The van der Waals surface area contributed by atoms with Gasteiger partial charge in [-0.05, 0) is 61.4 Å². The van der Waals surface area contributed by atoms with E-state index >= 15 is 0 Å². The Labute approximate surface area is 152 Å². The first-order valence-corrected chi connectivity index (χ1v) is 10.2. The van der Waals surface area contributed by atoms with Crippen molar-refractivity contribution in [3.63, 3.8) is 0 Å². The van der Waals surface area contributed by atoms with Gasteiger partial charge in [0, 0.05) is 23.6 Å². The first-order valence-electron chi connectivity index (χ1n) is 7.89. The summed E-state index contributed by atoms with van der Waals surface area (Å²) in [6.45, 7) is 7.10. The monoisotopic (exact) mass is 420 g/mol. The fourth-order valence-electron chi connectivity index (χ4n) is 2.03. The average Bonchev–Trinajstić information content (AvgIpc) is 2.53. The number of hydrogen-bond acceptors (Lipinski definition) is 5. The molecule has 136 valence electrons. The van der Waals surface area contributed by atoms with Crippen LogP contribution in [0.3, 0.4) is 0 Å². The molecule has 0 amide bonds. The molecule has 24 heavy (non-hydrogen) atoms. The highest BCUT2D eigenvalue weighted by Gasteiger charge is 2.19. The van der Waals surface area contributed by atoms with Crippen LogP contribution < -0.4 is 4.72 Å². The number of benzene rings is 1. The third-order valence-corrected chi connectivity index (χ3v) is 6.27. The largest absolute Gasteiger partial charge is 0.462 e. The van der Waals surface area contributed by atoms with Crippen LogP contribution in [0, 0.1) is 0 Å². The predicted molar refractivity (Wildman–Crippen MR) is 97.7 cm³/mol. The van der Waals surface area contributed by atoms with E-state index in [2.05, 4.69) is 39.4 Å². The van der Waals surface area contributed by atoms with Gasteiger partial charge in [-0.25, -0.2) is 17.9 Å². The molecule has 1 unspecified atom stereocenters. The smallest absolute Gasteiger partial charge is 0.338 e. The van der Waals surface area contributed by atoms with Crippen LogP contribution in [-0.2, 0) is 14.8 Å². The van der Waals surface area contributed by atoms with E-state index in [1.54, 1.807) is 6.92 Å². The number of nitrogens with one attached hydrogen (secondary N) is 1. The van der Waals surface area contributed by atoms with Gasteiger partial charge < -0.3 is 9.64 Å². The third kappa shape index (κ3) is 5.84. The molecule has 0 fully saturated rings. The van der Waals surface area contributed by atoms with Gasteiger partial charge in [0.05, 0.1) is 17.1 Å². The van der Waals surface area contributed by atoms with Gasteiger partial charge in [-0.1, -0.05) is 6.92 Å². The molecule has 1 aromatic rings. The minimum absolute atomic E-state index is 0.0988. The van der Waals surface area contributed by atoms with Crippen molar-refractivity contribution in [1.82, 2.24) is 9.62 Å². The quantitative estimate of drug-likeness (QED) is 0.621. The summed E-state index contributed by atoms with van der Waals surface area (Å²) in [7, 11) is -1.68. The molecule has 0 aliphatic carbocycles. The van der Waals surface area contributed by atoms with Gasteiger partial charge in [-0.2, -0.15) is 0 Å². The van der Waals surface area contributed by atoms with Crippen LogP contribution >= 0.6 is 15.9 Å². The maximum absolute atomic E-state index is 12.4. The van der Waals surface area contributed by atoms with Gasteiger partial charge >= 0.3 is 5.97 Å². The number of ether oxygens (including phenoxy) is 1. The van der Waals surface area contributed by atoms with Gasteiger partial charge in [0.15, 0.2) is 0 Å². The molecule has 0 saturated carbocycles. The summed E-state index contributed by atoms with van der Waals surface area (Å²) in [4.78, 5) is 13.9. The van der Waals surface area contributed by atoms with E-state index in [-0.39, 0.29) is 11.5 Å². The number of hydrogen-bond donors (Lipinski definition) is 1. The van der Waals surface area contributed by atoms with Crippen molar-refractivity contribution in [2.75, 3.05) is 26.7 Å². The zero-order valence-corrected chi connectivity index (χ0v) is 16.9. The molecule has 1 N–H and O–H groups in total. The molecule has 6 nitrogen and oxygen atoms in total. The lowest BCUT2D eigenvalue weighted by molar-refractivity contribution is 0.0526. The predicted octanol–water partition coefficient (Wildman–Crippen LogP) is 2.63. The number of sulfonamides is 1. The minimum Gasteiger partial charge on any atom is -0.462 e.